The van der Waals surface area contributed by atoms with E-state index >= 15 is 0 Å². The highest BCUT2D eigenvalue weighted by Crippen LogP contribution is 2.38. The van der Waals surface area contributed by atoms with Crippen molar-refractivity contribution >= 4 is 23.1 Å². The summed E-state index contributed by atoms with van der Waals surface area (Å²) in [7, 11) is 0. The van der Waals surface area contributed by atoms with Crippen LogP contribution >= 0.6 is 0 Å². The van der Waals surface area contributed by atoms with Crippen molar-refractivity contribution in [2.24, 2.45) is 0 Å². The van der Waals surface area contributed by atoms with Crippen LogP contribution in [0, 0.1) is 6.92 Å². The van der Waals surface area contributed by atoms with Gasteiger partial charge in [0.05, 0.1) is 5.69 Å². The summed E-state index contributed by atoms with van der Waals surface area (Å²) >= 11 is 0. The third-order valence-corrected chi connectivity index (χ3v) is 5.31. The molecule has 0 aliphatic heterocycles. The van der Waals surface area contributed by atoms with Gasteiger partial charge < -0.3 is 4.90 Å². The third-order valence-electron chi connectivity index (χ3n) is 5.31. The van der Waals surface area contributed by atoms with E-state index < -0.39 is 0 Å². The van der Waals surface area contributed by atoms with Crippen LogP contribution in [0.1, 0.15) is 24.5 Å². The van der Waals surface area contributed by atoms with Crippen molar-refractivity contribution < 1.29 is 0 Å². The molecule has 0 heterocycles. The maximum absolute atomic E-state index is 2.34. The van der Waals surface area contributed by atoms with Gasteiger partial charge in [-0.15, -0.1) is 0 Å². The molecule has 0 bridgehead atoms. The smallest absolute Gasteiger partial charge is 0.0536 e. The largest absolute Gasteiger partial charge is 0.310 e. The lowest BCUT2D eigenvalue weighted by Gasteiger charge is -2.28. The molecule has 4 aromatic carbocycles. The average molecular weight is 390 g/mol. The van der Waals surface area contributed by atoms with Crippen LogP contribution < -0.4 is 4.90 Å². The van der Waals surface area contributed by atoms with Crippen molar-refractivity contribution in [1.29, 1.82) is 0 Å². The van der Waals surface area contributed by atoms with Crippen LogP contribution in [0.4, 0.5) is 17.1 Å². The second-order valence-corrected chi connectivity index (χ2v) is 7.40. The minimum Gasteiger partial charge on any atom is -0.310 e. The van der Waals surface area contributed by atoms with Gasteiger partial charge in [-0.2, -0.15) is 0 Å². The summed E-state index contributed by atoms with van der Waals surface area (Å²) < 4.78 is 0. The molecule has 0 saturated heterocycles. The Morgan fingerprint density at radius 1 is 0.633 bits per heavy atom. The first-order valence-corrected chi connectivity index (χ1v) is 10.5. The van der Waals surface area contributed by atoms with Crippen molar-refractivity contribution in [2.45, 2.75) is 20.3 Å². The van der Waals surface area contributed by atoms with E-state index in [1.807, 2.05) is 0 Å². The zero-order valence-electron chi connectivity index (χ0n) is 17.6. The molecule has 0 aliphatic carbocycles. The predicted octanol–water partition coefficient (Wildman–Crippen LogP) is 8.56. The Bertz CT molecular complexity index is 1110. The normalized spacial score (nSPS) is 11.0. The second-order valence-electron chi connectivity index (χ2n) is 7.40. The van der Waals surface area contributed by atoms with Gasteiger partial charge in [-0.05, 0) is 60.4 Å². The van der Waals surface area contributed by atoms with Crippen LogP contribution in [0.25, 0.3) is 17.2 Å². The van der Waals surface area contributed by atoms with Crippen LogP contribution in [0.15, 0.2) is 109 Å². The third kappa shape index (κ3) is 4.21. The Kier molecular flexibility index (Phi) is 6.10. The fourth-order valence-electron chi connectivity index (χ4n) is 3.75. The molecule has 0 unspecified atom stereocenters. The highest BCUT2D eigenvalue weighted by molar-refractivity contribution is 5.84. The molecule has 0 aromatic heterocycles. The average Bonchev–Trinajstić information content (AvgIpc) is 2.81. The molecule has 0 N–H and O–H groups in total. The number of nitrogens with zero attached hydrogens (tertiary/aromatic N) is 1. The fraction of sp³-hybridized carbons (Fsp3) is 0.103. The van der Waals surface area contributed by atoms with E-state index in [1.165, 1.54) is 27.9 Å². The van der Waals surface area contributed by atoms with Crippen LogP contribution in [-0.2, 0) is 0 Å². The van der Waals surface area contributed by atoms with Crippen molar-refractivity contribution in [1.82, 2.24) is 0 Å². The lowest BCUT2D eigenvalue weighted by Crippen LogP contribution is -2.11. The molecule has 1 heteroatoms. The Balaban J connectivity index is 1.83. The Morgan fingerprint density at radius 2 is 1.23 bits per heavy atom. The fourth-order valence-corrected chi connectivity index (χ4v) is 3.75. The molecular formula is C29H27N. The number of hydrogen-bond donors (Lipinski definition) is 0. The van der Waals surface area contributed by atoms with Gasteiger partial charge in [0.2, 0.25) is 0 Å². The van der Waals surface area contributed by atoms with E-state index in [2.05, 4.69) is 134 Å². The van der Waals surface area contributed by atoms with Crippen molar-refractivity contribution in [3.05, 3.63) is 120 Å². The van der Waals surface area contributed by atoms with Gasteiger partial charge in [0.25, 0.3) is 0 Å². The topological polar surface area (TPSA) is 3.24 Å². The molecule has 0 amide bonds. The molecule has 4 rings (SSSR count). The van der Waals surface area contributed by atoms with Gasteiger partial charge >= 0.3 is 0 Å². The quantitative estimate of drug-likeness (QED) is 0.319. The zero-order valence-corrected chi connectivity index (χ0v) is 17.6. The first-order valence-electron chi connectivity index (χ1n) is 10.5. The Hall–Kier alpha value is -3.58. The molecule has 1 nitrogen and oxygen atoms in total. The molecule has 0 saturated carbocycles. The van der Waals surface area contributed by atoms with Gasteiger partial charge in [0.1, 0.15) is 0 Å². The van der Waals surface area contributed by atoms with E-state index in [0.717, 1.165) is 17.8 Å². The summed E-state index contributed by atoms with van der Waals surface area (Å²) in [5.41, 5.74) is 8.49. The number of rotatable bonds is 6. The monoisotopic (exact) mass is 389 g/mol. The maximum atomic E-state index is 2.34. The summed E-state index contributed by atoms with van der Waals surface area (Å²) in [6, 6.07) is 36.5. The summed E-state index contributed by atoms with van der Waals surface area (Å²) in [4.78, 5) is 2.34. The number of hydrogen-bond acceptors (Lipinski definition) is 1. The van der Waals surface area contributed by atoms with Gasteiger partial charge in [0.15, 0.2) is 0 Å². The molecular weight excluding hydrogens is 362 g/mol. The summed E-state index contributed by atoms with van der Waals surface area (Å²) in [5, 5.41) is 0. The van der Waals surface area contributed by atoms with E-state index in [4.69, 9.17) is 0 Å². The SMILES string of the molecule is CC/C=C\c1c(C)cccc1N(c1ccccc1)c1ccc(-c2ccccc2)cc1. The molecule has 0 aliphatic rings. The van der Waals surface area contributed by atoms with E-state index in [9.17, 15) is 0 Å². The van der Waals surface area contributed by atoms with Gasteiger partial charge in [0, 0.05) is 16.9 Å². The molecule has 0 atom stereocenters. The molecule has 0 spiro atoms. The lowest BCUT2D eigenvalue weighted by molar-refractivity contribution is 1.23. The van der Waals surface area contributed by atoms with Crippen LogP contribution in [-0.4, -0.2) is 0 Å². The number of allylic oxidation sites excluding steroid dienone is 1. The predicted molar refractivity (Wildman–Crippen MR) is 131 cm³/mol. The minimum absolute atomic E-state index is 1.02. The van der Waals surface area contributed by atoms with Crippen LogP contribution in [0.2, 0.25) is 0 Å². The zero-order chi connectivity index (χ0) is 20.8. The summed E-state index contributed by atoms with van der Waals surface area (Å²) in [6.45, 7) is 4.35. The standard InChI is InChI=1S/C29H27N/c1-3-4-17-28-23(2)12-11-18-29(28)30(26-15-9-6-10-16-26)27-21-19-25(20-22-27)24-13-7-5-8-14-24/h4-22H,3H2,1-2H3/b17-4-. The molecule has 148 valence electrons. The Labute approximate surface area is 179 Å². The minimum atomic E-state index is 1.02. The van der Waals surface area contributed by atoms with Crippen molar-refractivity contribution in [2.75, 3.05) is 4.90 Å². The van der Waals surface area contributed by atoms with E-state index in [1.54, 1.807) is 0 Å². The van der Waals surface area contributed by atoms with E-state index in [0.29, 0.717) is 0 Å². The lowest BCUT2D eigenvalue weighted by atomic mass is 10.0. The second kappa shape index (κ2) is 9.28. The molecule has 0 radical (unpaired) electrons. The summed E-state index contributed by atoms with van der Waals surface area (Å²) in [6.07, 6.45) is 5.50. The van der Waals surface area contributed by atoms with Crippen molar-refractivity contribution in [3.63, 3.8) is 0 Å². The van der Waals surface area contributed by atoms with Crippen LogP contribution in [0.3, 0.4) is 0 Å². The first-order chi connectivity index (χ1) is 14.8. The molecule has 0 fully saturated rings. The number of para-hydroxylation sites is 1. The Morgan fingerprint density at radius 3 is 1.90 bits per heavy atom. The molecule has 4 aromatic rings. The molecule has 30 heavy (non-hydrogen) atoms. The van der Waals surface area contributed by atoms with E-state index in [-0.39, 0.29) is 0 Å². The summed E-state index contributed by atoms with van der Waals surface area (Å²) in [5.74, 6) is 0. The highest BCUT2D eigenvalue weighted by atomic mass is 15.1. The van der Waals surface area contributed by atoms with Crippen molar-refractivity contribution in [3.8, 4) is 11.1 Å². The van der Waals surface area contributed by atoms with Gasteiger partial charge in [-0.1, -0.05) is 91.9 Å². The van der Waals surface area contributed by atoms with Crippen LogP contribution in [0.5, 0.6) is 0 Å². The van der Waals surface area contributed by atoms with Gasteiger partial charge in [-0.25, -0.2) is 0 Å². The number of anilines is 3. The first kappa shape index (κ1) is 19.7. The highest BCUT2D eigenvalue weighted by Gasteiger charge is 2.16. The number of aryl methyl sites for hydroxylation is 1. The maximum Gasteiger partial charge on any atom is 0.0536 e. The number of benzene rings is 4. The van der Waals surface area contributed by atoms with Gasteiger partial charge in [-0.3, -0.25) is 0 Å².